The summed E-state index contributed by atoms with van der Waals surface area (Å²) in [5.74, 6) is -0.894. The molecule has 0 radical (unpaired) electrons. The molecule has 2 saturated heterocycles. The molecule has 186 valence electrons. The van der Waals surface area contributed by atoms with Crippen molar-refractivity contribution < 1.29 is 9.59 Å². The monoisotopic (exact) mass is 486 g/mol. The first-order valence-electron chi connectivity index (χ1n) is 12.5. The number of hydrogen-bond donors (Lipinski definition) is 2. The Morgan fingerprint density at radius 1 is 1.08 bits per heavy atom. The predicted molar refractivity (Wildman–Crippen MR) is 136 cm³/mol. The van der Waals surface area contributed by atoms with Gasteiger partial charge in [0.15, 0.2) is 0 Å². The van der Waals surface area contributed by atoms with Crippen LogP contribution in [0.25, 0.3) is 21.8 Å². The number of aromatic amines is 1. The molecular formula is C26H30N8O2. The van der Waals surface area contributed by atoms with E-state index in [1.165, 1.54) is 6.20 Å². The van der Waals surface area contributed by atoms with Gasteiger partial charge in [-0.1, -0.05) is 19.1 Å². The molecule has 6 rings (SSSR count). The highest BCUT2D eigenvalue weighted by atomic mass is 16.2. The second-order valence-electron chi connectivity index (χ2n) is 10.3. The molecule has 4 aromatic rings. The summed E-state index contributed by atoms with van der Waals surface area (Å²) in [6.45, 7) is 4.73. The SMILES string of the molecule is C[C@H]1CC[C@H](c2ccc3cn([C@H]4CCN(C)C4)nc3c2)N(C(=O)C(=O)Nc2cncc3cn[nH]c23)C1. The van der Waals surface area contributed by atoms with Crippen molar-refractivity contribution in [2.24, 2.45) is 5.92 Å². The zero-order valence-electron chi connectivity index (χ0n) is 20.5. The lowest BCUT2D eigenvalue weighted by molar-refractivity contribution is -0.146. The highest BCUT2D eigenvalue weighted by molar-refractivity contribution is 6.40. The van der Waals surface area contributed by atoms with E-state index >= 15 is 0 Å². The molecule has 10 nitrogen and oxygen atoms in total. The van der Waals surface area contributed by atoms with Crippen LogP contribution in [-0.2, 0) is 9.59 Å². The normalized spacial score (nSPS) is 22.9. The fourth-order valence-corrected chi connectivity index (χ4v) is 5.56. The van der Waals surface area contributed by atoms with Crippen molar-refractivity contribution >= 4 is 39.3 Å². The van der Waals surface area contributed by atoms with Gasteiger partial charge in [-0.05, 0) is 50.4 Å². The lowest BCUT2D eigenvalue weighted by atomic mass is 9.89. The Bertz CT molecular complexity index is 1440. The van der Waals surface area contributed by atoms with E-state index in [1.54, 1.807) is 17.3 Å². The van der Waals surface area contributed by atoms with Gasteiger partial charge in [-0.3, -0.25) is 24.4 Å². The Labute approximate surface area is 208 Å². The summed E-state index contributed by atoms with van der Waals surface area (Å²) in [6, 6.07) is 6.45. The summed E-state index contributed by atoms with van der Waals surface area (Å²) in [5.41, 5.74) is 3.02. The van der Waals surface area contributed by atoms with Crippen LogP contribution in [0.4, 0.5) is 5.69 Å². The van der Waals surface area contributed by atoms with E-state index in [1.807, 2.05) is 0 Å². The number of carbonyl (C=O) groups excluding carboxylic acids is 2. The van der Waals surface area contributed by atoms with Crippen LogP contribution in [0.1, 0.15) is 43.8 Å². The van der Waals surface area contributed by atoms with Crippen molar-refractivity contribution in [2.45, 2.75) is 38.3 Å². The number of anilines is 1. The van der Waals surface area contributed by atoms with Gasteiger partial charge in [0.25, 0.3) is 0 Å². The van der Waals surface area contributed by atoms with Crippen LogP contribution in [0.5, 0.6) is 0 Å². The molecular weight excluding hydrogens is 456 g/mol. The van der Waals surface area contributed by atoms with Gasteiger partial charge in [0.05, 0.1) is 41.2 Å². The number of hydrogen-bond acceptors (Lipinski definition) is 6. The van der Waals surface area contributed by atoms with Crippen molar-refractivity contribution in [3.8, 4) is 0 Å². The first kappa shape index (κ1) is 22.7. The summed E-state index contributed by atoms with van der Waals surface area (Å²) in [5, 5.41) is 16.3. The number of nitrogens with zero attached hydrogens (tertiary/aromatic N) is 6. The zero-order chi connectivity index (χ0) is 24.8. The molecule has 5 heterocycles. The van der Waals surface area contributed by atoms with E-state index in [0.29, 0.717) is 29.7 Å². The minimum Gasteiger partial charge on any atom is -0.327 e. The highest BCUT2D eigenvalue weighted by Gasteiger charge is 2.35. The second kappa shape index (κ2) is 9.02. The summed E-state index contributed by atoms with van der Waals surface area (Å²) >= 11 is 0. The van der Waals surface area contributed by atoms with E-state index in [4.69, 9.17) is 5.10 Å². The van der Waals surface area contributed by atoms with Crippen molar-refractivity contribution in [1.82, 2.24) is 34.8 Å². The van der Waals surface area contributed by atoms with Gasteiger partial charge >= 0.3 is 11.8 Å². The second-order valence-corrected chi connectivity index (χ2v) is 10.3. The summed E-state index contributed by atoms with van der Waals surface area (Å²) in [4.78, 5) is 34.7. The van der Waals surface area contributed by atoms with Gasteiger partial charge in [0, 0.05) is 36.3 Å². The van der Waals surface area contributed by atoms with Crippen LogP contribution in [0.3, 0.4) is 0 Å². The maximum atomic E-state index is 13.4. The number of nitrogens with one attached hydrogen (secondary N) is 2. The molecule has 0 bridgehead atoms. The Morgan fingerprint density at radius 2 is 1.97 bits per heavy atom. The van der Waals surface area contributed by atoms with Crippen LogP contribution < -0.4 is 5.32 Å². The van der Waals surface area contributed by atoms with Crippen LogP contribution >= 0.6 is 0 Å². The summed E-state index contributed by atoms with van der Waals surface area (Å²) < 4.78 is 2.08. The Balaban J connectivity index is 1.25. The van der Waals surface area contributed by atoms with E-state index in [2.05, 4.69) is 68.4 Å². The van der Waals surface area contributed by atoms with Crippen LogP contribution in [0.15, 0.2) is 43.0 Å². The molecule has 3 aromatic heterocycles. The number of amides is 2. The summed E-state index contributed by atoms with van der Waals surface area (Å²) in [6.07, 6.45) is 9.81. The Hall–Kier alpha value is -3.79. The Morgan fingerprint density at radius 3 is 2.81 bits per heavy atom. The molecule has 2 N–H and O–H groups in total. The van der Waals surface area contributed by atoms with E-state index < -0.39 is 11.8 Å². The van der Waals surface area contributed by atoms with Gasteiger partial charge in [-0.2, -0.15) is 10.2 Å². The molecule has 0 spiro atoms. The van der Waals surface area contributed by atoms with Gasteiger partial charge in [0.1, 0.15) is 0 Å². The standard InChI is InChI=1S/C26H30N8O2/c1-16-3-6-23(17-4-5-18-14-34(31-21(18)9-17)20-7-8-32(2)15-20)33(13-16)26(36)25(35)29-22-12-27-10-19-11-28-30-24(19)22/h4-5,9-12,14,16,20,23H,3,6-8,13,15H2,1-2H3,(H,28,30)(H,29,35)/t16-,20-,23+/m0/s1. The molecule has 2 amide bonds. The third-order valence-corrected chi connectivity index (χ3v) is 7.55. The van der Waals surface area contributed by atoms with Gasteiger partial charge in [0.2, 0.25) is 0 Å². The minimum atomic E-state index is -0.672. The molecule has 1 aromatic carbocycles. The quantitative estimate of drug-likeness (QED) is 0.431. The average molecular weight is 487 g/mol. The van der Waals surface area contributed by atoms with Gasteiger partial charge in [-0.15, -0.1) is 0 Å². The molecule has 10 heteroatoms. The Kier molecular flexibility index (Phi) is 5.67. The third kappa shape index (κ3) is 4.11. The molecule has 0 saturated carbocycles. The number of pyridine rings is 1. The number of likely N-dealkylation sites (N-methyl/N-ethyl adjacent to an activating group) is 1. The van der Waals surface area contributed by atoms with Gasteiger partial charge < -0.3 is 15.1 Å². The number of aromatic nitrogens is 5. The molecule has 36 heavy (non-hydrogen) atoms. The molecule has 0 unspecified atom stereocenters. The van der Waals surface area contributed by atoms with E-state index in [-0.39, 0.29) is 6.04 Å². The topological polar surface area (TPSA) is 112 Å². The lowest BCUT2D eigenvalue weighted by Crippen LogP contribution is -2.46. The maximum Gasteiger partial charge on any atom is 0.314 e. The van der Waals surface area contributed by atoms with Crippen molar-refractivity contribution in [1.29, 1.82) is 0 Å². The number of H-pyrrole nitrogens is 1. The first-order valence-corrected chi connectivity index (χ1v) is 12.5. The van der Waals surface area contributed by atoms with E-state index in [0.717, 1.165) is 54.2 Å². The fraction of sp³-hybridized carbons (Fsp3) is 0.423. The zero-order valence-corrected chi connectivity index (χ0v) is 20.5. The lowest BCUT2D eigenvalue weighted by Gasteiger charge is -2.38. The van der Waals surface area contributed by atoms with E-state index in [9.17, 15) is 9.59 Å². The van der Waals surface area contributed by atoms with Crippen LogP contribution in [0.2, 0.25) is 0 Å². The first-order chi connectivity index (χ1) is 17.5. The number of piperidine rings is 1. The molecule has 2 aliphatic rings. The number of fused-ring (bicyclic) bond motifs is 2. The minimum absolute atomic E-state index is 0.173. The highest BCUT2D eigenvalue weighted by Crippen LogP contribution is 2.35. The largest absolute Gasteiger partial charge is 0.327 e. The molecule has 3 atom stereocenters. The number of rotatable bonds is 3. The third-order valence-electron chi connectivity index (χ3n) is 7.55. The van der Waals surface area contributed by atoms with Crippen molar-refractivity contribution in [3.63, 3.8) is 0 Å². The smallest absolute Gasteiger partial charge is 0.314 e. The van der Waals surface area contributed by atoms with Gasteiger partial charge in [-0.25, -0.2) is 0 Å². The predicted octanol–water partition coefficient (Wildman–Crippen LogP) is 3.12. The van der Waals surface area contributed by atoms with Crippen molar-refractivity contribution in [2.75, 3.05) is 32.0 Å². The number of carbonyl (C=O) groups is 2. The molecule has 2 fully saturated rings. The summed E-state index contributed by atoms with van der Waals surface area (Å²) in [7, 11) is 2.14. The number of likely N-dealkylation sites (tertiary alicyclic amines) is 2. The maximum absolute atomic E-state index is 13.4. The fourth-order valence-electron chi connectivity index (χ4n) is 5.56. The number of benzene rings is 1. The van der Waals surface area contributed by atoms with Crippen LogP contribution in [-0.4, -0.2) is 73.3 Å². The molecule has 2 aliphatic heterocycles. The molecule has 0 aliphatic carbocycles. The van der Waals surface area contributed by atoms with Crippen molar-refractivity contribution in [3.05, 3.63) is 48.5 Å². The van der Waals surface area contributed by atoms with Crippen LogP contribution in [0, 0.1) is 5.92 Å². The average Bonchev–Trinajstić information content (AvgIpc) is 3.62.